The number of carbonyl (C=O) groups is 1. The number of rotatable bonds is 11. The first-order valence-corrected chi connectivity index (χ1v) is 11.4. The lowest BCUT2D eigenvalue weighted by molar-refractivity contribution is -0.127. The van der Waals surface area contributed by atoms with Crippen LogP contribution in [-0.2, 0) is 21.1 Å². The number of sulfone groups is 1. The first-order valence-electron chi connectivity index (χ1n) is 9.55. The average Bonchev–Trinajstić information content (AvgIpc) is 3.10. The lowest BCUT2D eigenvalue weighted by Gasteiger charge is -2.17. The summed E-state index contributed by atoms with van der Waals surface area (Å²) in [6.45, 7) is 2.47. The summed E-state index contributed by atoms with van der Waals surface area (Å²) in [7, 11) is -1.71. The highest BCUT2D eigenvalue weighted by Gasteiger charge is 2.19. The number of H-pyrrole nitrogens is 1. The van der Waals surface area contributed by atoms with Crippen LogP contribution in [0.5, 0.6) is 0 Å². The summed E-state index contributed by atoms with van der Waals surface area (Å²) in [6.07, 6.45) is 3.76. The van der Waals surface area contributed by atoms with Crippen molar-refractivity contribution in [3.63, 3.8) is 0 Å². The summed E-state index contributed by atoms with van der Waals surface area (Å²) < 4.78 is 37.0. The van der Waals surface area contributed by atoms with E-state index in [0.29, 0.717) is 25.8 Å². The third-order valence-electron chi connectivity index (χ3n) is 4.54. The Labute approximate surface area is 166 Å². The molecule has 8 heteroatoms. The van der Waals surface area contributed by atoms with Crippen LogP contribution in [0, 0.1) is 5.82 Å². The Morgan fingerprint density at radius 3 is 2.57 bits per heavy atom. The van der Waals surface area contributed by atoms with Crippen molar-refractivity contribution < 1.29 is 17.6 Å². The van der Waals surface area contributed by atoms with Crippen molar-refractivity contribution in [3.8, 4) is 11.3 Å². The van der Waals surface area contributed by atoms with Crippen LogP contribution >= 0.6 is 0 Å². The molecule has 1 amide bonds. The molecule has 0 spiro atoms. The van der Waals surface area contributed by atoms with E-state index >= 15 is 0 Å². The molecule has 1 N–H and O–H groups in total. The minimum atomic E-state index is -3.34. The van der Waals surface area contributed by atoms with Crippen molar-refractivity contribution in [3.05, 3.63) is 41.8 Å². The maximum atomic E-state index is 13.0. The highest BCUT2D eigenvalue weighted by Crippen LogP contribution is 2.18. The number of hydrogen-bond acceptors (Lipinski definition) is 4. The second-order valence-electron chi connectivity index (χ2n) is 7.00. The van der Waals surface area contributed by atoms with Gasteiger partial charge in [-0.2, -0.15) is 5.10 Å². The van der Waals surface area contributed by atoms with Crippen LogP contribution in [0.3, 0.4) is 0 Å². The summed E-state index contributed by atoms with van der Waals surface area (Å²) in [6, 6.07) is 8.01. The zero-order chi connectivity index (χ0) is 20.6. The number of nitrogens with one attached hydrogen (secondary N) is 1. The Bertz CT molecular complexity index is 863. The van der Waals surface area contributed by atoms with Crippen molar-refractivity contribution in [2.24, 2.45) is 0 Å². The van der Waals surface area contributed by atoms with E-state index in [9.17, 15) is 17.6 Å². The highest BCUT2D eigenvalue weighted by atomic mass is 32.2. The zero-order valence-electron chi connectivity index (χ0n) is 16.4. The van der Waals surface area contributed by atoms with Gasteiger partial charge in [-0.25, -0.2) is 12.8 Å². The molecular formula is C20H28FN3O3S. The fraction of sp³-hybridized carbons (Fsp3) is 0.500. The second kappa shape index (κ2) is 10.4. The predicted molar refractivity (Wildman–Crippen MR) is 108 cm³/mol. The van der Waals surface area contributed by atoms with Gasteiger partial charge in [-0.3, -0.25) is 9.89 Å². The lowest BCUT2D eigenvalue weighted by Crippen LogP contribution is -2.34. The third-order valence-corrected chi connectivity index (χ3v) is 6.14. The van der Waals surface area contributed by atoms with Gasteiger partial charge in [-0.1, -0.05) is 19.8 Å². The number of benzene rings is 1. The summed E-state index contributed by atoms with van der Waals surface area (Å²) in [4.78, 5) is 13.6. The number of carbonyl (C=O) groups excluding carboxylic acids is 1. The monoisotopic (exact) mass is 409 g/mol. The smallest absolute Gasteiger partial charge is 0.237 e. The maximum Gasteiger partial charge on any atom is 0.237 e. The van der Waals surface area contributed by atoms with Gasteiger partial charge >= 0.3 is 0 Å². The van der Waals surface area contributed by atoms with Gasteiger partial charge in [-0.05, 0) is 49.6 Å². The molecule has 2 rings (SSSR count). The van der Waals surface area contributed by atoms with Crippen LogP contribution in [0.2, 0.25) is 0 Å². The zero-order valence-corrected chi connectivity index (χ0v) is 17.3. The van der Waals surface area contributed by atoms with Crippen molar-refractivity contribution >= 4 is 15.7 Å². The molecule has 0 atom stereocenters. The molecule has 0 saturated heterocycles. The van der Waals surface area contributed by atoms with Gasteiger partial charge in [0.15, 0.2) is 9.84 Å². The Hall–Kier alpha value is -2.22. The molecule has 0 aliphatic rings. The average molecular weight is 410 g/mol. The normalized spacial score (nSPS) is 11.5. The number of hydrogen-bond donors (Lipinski definition) is 1. The predicted octanol–water partition coefficient (Wildman–Crippen LogP) is 3.21. The van der Waals surface area contributed by atoms with E-state index < -0.39 is 15.6 Å². The second-order valence-corrected chi connectivity index (χ2v) is 9.19. The van der Waals surface area contributed by atoms with Gasteiger partial charge in [0, 0.05) is 24.8 Å². The van der Waals surface area contributed by atoms with E-state index in [1.165, 1.54) is 17.0 Å². The standard InChI is InChI=1S/C20H28FN3O3S/c1-3-4-5-13-28(26,27)15-20(25)24(2)12-6-7-18-14-19(23-22-18)16-8-10-17(21)11-9-16/h8-11,14H,3-7,12-13,15H2,1-2H3,(H,22,23). The fourth-order valence-corrected chi connectivity index (χ4v) is 4.22. The van der Waals surface area contributed by atoms with Crippen molar-refractivity contribution in [1.29, 1.82) is 0 Å². The van der Waals surface area contributed by atoms with Crippen molar-refractivity contribution in [2.45, 2.75) is 39.0 Å². The molecular weight excluding hydrogens is 381 g/mol. The molecule has 1 aromatic heterocycles. The molecule has 0 fully saturated rings. The Morgan fingerprint density at radius 1 is 1.18 bits per heavy atom. The minimum Gasteiger partial charge on any atom is -0.345 e. The van der Waals surface area contributed by atoms with E-state index in [2.05, 4.69) is 10.2 Å². The lowest BCUT2D eigenvalue weighted by atomic mass is 10.1. The summed E-state index contributed by atoms with van der Waals surface area (Å²) in [5, 5.41) is 7.17. The molecule has 0 aliphatic heterocycles. The molecule has 6 nitrogen and oxygen atoms in total. The number of nitrogens with zero attached hydrogens (tertiary/aromatic N) is 2. The molecule has 0 radical (unpaired) electrons. The molecule has 28 heavy (non-hydrogen) atoms. The van der Waals surface area contributed by atoms with Gasteiger partial charge < -0.3 is 4.90 Å². The van der Waals surface area contributed by atoms with E-state index in [-0.39, 0.29) is 17.5 Å². The quantitative estimate of drug-likeness (QED) is 0.578. The number of unbranched alkanes of at least 4 members (excludes halogenated alkanes) is 2. The van der Waals surface area contributed by atoms with Gasteiger partial charge in [0.2, 0.25) is 5.91 Å². The third kappa shape index (κ3) is 7.07. The summed E-state index contributed by atoms with van der Waals surface area (Å²) in [5.41, 5.74) is 2.47. The van der Waals surface area contributed by atoms with E-state index in [0.717, 1.165) is 29.8 Å². The number of aryl methyl sites for hydroxylation is 1. The molecule has 0 aliphatic carbocycles. The fourth-order valence-electron chi connectivity index (χ4n) is 2.83. The minimum absolute atomic E-state index is 0.0702. The van der Waals surface area contributed by atoms with Gasteiger partial charge in [0.25, 0.3) is 0 Å². The topological polar surface area (TPSA) is 83.1 Å². The van der Waals surface area contributed by atoms with Crippen LogP contribution in [-0.4, -0.2) is 54.5 Å². The van der Waals surface area contributed by atoms with Gasteiger partial charge in [0.05, 0.1) is 11.4 Å². The molecule has 1 heterocycles. The van der Waals surface area contributed by atoms with Crippen molar-refractivity contribution in [2.75, 3.05) is 25.1 Å². The number of halogens is 1. The Balaban J connectivity index is 1.78. The SMILES string of the molecule is CCCCCS(=O)(=O)CC(=O)N(C)CCCc1cc(-c2ccc(F)cc2)n[nH]1. The first-order chi connectivity index (χ1) is 13.3. The highest BCUT2D eigenvalue weighted by molar-refractivity contribution is 7.92. The van der Waals surface area contributed by atoms with Crippen LogP contribution in [0.4, 0.5) is 4.39 Å². The molecule has 0 bridgehead atoms. The molecule has 0 saturated carbocycles. The van der Waals surface area contributed by atoms with Crippen LogP contribution in [0.15, 0.2) is 30.3 Å². The van der Waals surface area contributed by atoms with Crippen molar-refractivity contribution in [1.82, 2.24) is 15.1 Å². The summed E-state index contributed by atoms with van der Waals surface area (Å²) in [5.74, 6) is -1.01. The molecule has 2 aromatic rings. The molecule has 0 unspecified atom stereocenters. The number of amides is 1. The van der Waals surface area contributed by atoms with E-state index in [1.54, 1.807) is 19.2 Å². The van der Waals surface area contributed by atoms with E-state index in [1.807, 2.05) is 13.0 Å². The largest absolute Gasteiger partial charge is 0.345 e. The summed E-state index contributed by atoms with van der Waals surface area (Å²) >= 11 is 0. The van der Waals surface area contributed by atoms with Gasteiger partial charge in [-0.15, -0.1) is 0 Å². The first kappa shape index (κ1) is 22.1. The Kier molecular flexibility index (Phi) is 8.17. The van der Waals surface area contributed by atoms with Crippen LogP contribution in [0.1, 0.15) is 38.3 Å². The van der Waals surface area contributed by atoms with Gasteiger partial charge in [0.1, 0.15) is 11.6 Å². The Morgan fingerprint density at radius 2 is 1.89 bits per heavy atom. The van der Waals surface area contributed by atoms with E-state index in [4.69, 9.17) is 0 Å². The molecule has 1 aromatic carbocycles. The van der Waals surface area contributed by atoms with Crippen LogP contribution in [0.25, 0.3) is 11.3 Å². The van der Waals surface area contributed by atoms with Crippen LogP contribution < -0.4 is 0 Å². The maximum absolute atomic E-state index is 13.0. The number of aromatic amines is 1. The number of aromatic nitrogens is 2. The molecule has 154 valence electrons.